The van der Waals surface area contributed by atoms with Crippen molar-refractivity contribution in [1.29, 1.82) is 0 Å². The Morgan fingerprint density at radius 3 is 2.52 bits per heavy atom. The fourth-order valence-electron chi connectivity index (χ4n) is 2.33. The topological polar surface area (TPSA) is 58.6 Å². The lowest BCUT2D eigenvalue weighted by Gasteiger charge is -2.11. The number of carbonyl (C=O) groups excluding carboxylic acids is 2. The minimum absolute atomic E-state index is 0.162. The van der Waals surface area contributed by atoms with E-state index in [9.17, 15) is 9.59 Å². The molecule has 0 bridgehead atoms. The molecule has 1 fully saturated rings. The number of rotatable bonds is 3. The number of carbonyl (C=O) groups is 2. The largest absolute Gasteiger partial charge is 0.447 e. The van der Waals surface area contributed by atoms with Crippen LogP contribution in [-0.2, 0) is 4.74 Å². The lowest BCUT2D eigenvalue weighted by atomic mass is 10.2. The first-order valence-electron chi connectivity index (χ1n) is 7.70. The summed E-state index contributed by atoms with van der Waals surface area (Å²) in [5.41, 5.74) is 2.19. The van der Waals surface area contributed by atoms with Crippen LogP contribution in [-0.4, -0.2) is 31.7 Å². The van der Waals surface area contributed by atoms with E-state index < -0.39 is 0 Å². The van der Waals surface area contributed by atoms with Crippen molar-refractivity contribution >= 4 is 33.6 Å². The van der Waals surface area contributed by atoms with Crippen molar-refractivity contribution in [2.45, 2.75) is 0 Å². The molecule has 0 atom stereocenters. The highest BCUT2D eigenvalue weighted by Gasteiger charge is 2.23. The third-order valence-electron chi connectivity index (χ3n) is 3.62. The summed E-state index contributed by atoms with van der Waals surface area (Å²) in [4.78, 5) is 25.0. The molecule has 3 rings (SSSR count). The standard InChI is InChI=1S/C19H15BrN2O3/c20-16-7-5-15(6-8-16)18(23)21-11-1-2-14-3-9-17(10-4-14)22-12-13-25-19(22)24/h3-10H,11-13H2,(H,21,23). The SMILES string of the molecule is O=C(NCC#Cc1ccc(N2CCOC2=O)cc1)c1ccc(Br)cc1. The van der Waals surface area contributed by atoms with E-state index in [4.69, 9.17) is 4.74 Å². The number of amides is 2. The number of hydrogen-bond acceptors (Lipinski definition) is 3. The van der Waals surface area contributed by atoms with E-state index in [2.05, 4.69) is 33.1 Å². The summed E-state index contributed by atoms with van der Waals surface area (Å²) in [7, 11) is 0. The maximum absolute atomic E-state index is 11.9. The van der Waals surface area contributed by atoms with Crippen molar-refractivity contribution in [2.24, 2.45) is 0 Å². The number of nitrogens with zero attached hydrogens (tertiary/aromatic N) is 1. The second kappa shape index (κ2) is 7.86. The maximum atomic E-state index is 11.9. The van der Waals surface area contributed by atoms with E-state index in [0.29, 0.717) is 18.7 Å². The number of anilines is 1. The van der Waals surface area contributed by atoms with Gasteiger partial charge in [-0.15, -0.1) is 0 Å². The third kappa shape index (κ3) is 4.40. The predicted molar refractivity (Wildman–Crippen MR) is 98.5 cm³/mol. The zero-order valence-corrected chi connectivity index (χ0v) is 14.9. The summed E-state index contributed by atoms with van der Waals surface area (Å²) < 4.78 is 5.84. The molecule has 25 heavy (non-hydrogen) atoms. The molecule has 0 saturated carbocycles. The van der Waals surface area contributed by atoms with Gasteiger partial charge in [0, 0.05) is 21.3 Å². The summed E-state index contributed by atoms with van der Waals surface area (Å²) in [6, 6.07) is 14.5. The van der Waals surface area contributed by atoms with Crippen LogP contribution < -0.4 is 10.2 Å². The summed E-state index contributed by atoms with van der Waals surface area (Å²) in [5, 5.41) is 2.75. The van der Waals surface area contributed by atoms with E-state index in [0.717, 1.165) is 15.7 Å². The second-order valence-corrected chi connectivity index (χ2v) is 6.22. The van der Waals surface area contributed by atoms with E-state index in [1.165, 1.54) is 0 Å². The monoisotopic (exact) mass is 398 g/mol. The van der Waals surface area contributed by atoms with Crippen LogP contribution in [0.15, 0.2) is 53.0 Å². The number of benzene rings is 2. The van der Waals surface area contributed by atoms with Crippen LogP contribution in [0.3, 0.4) is 0 Å². The molecule has 1 heterocycles. The van der Waals surface area contributed by atoms with Crippen molar-refractivity contribution in [3.05, 3.63) is 64.1 Å². The number of nitrogens with one attached hydrogen (secondary N) is 1. The lowest BCUT2D eigenvalue weighted by Crippen LogP contribution is -2.23. The molecule has 1 aliphatic heterocycles. The van der Waals surface area contributed by atoms with Crippen molar-refractivity contribution in [3.63, 3.8) is 0 Å². The number of cyclic esters (lactones) is 1. The number of hydrogen-bond donors (Lipinski definition) is 1. The quantitative estimate of drug-likeness (QED) is 0.807. The highest BCUT2D eigenvalue weighted by molar-refractivity contribution is 9.10. The molecule has 6 heteroatoms. The zero-order chi connectivity index (χ0) is 17.6. The Morgan fingerprint density at radius 2 is 1.88 bits per heavy atom. The van der Waals surface area contributed by atoms with Gasteiger partial charge in [0.05, 0.1) is 13.1 Å². The van der Waals surface area contributed by atoms with E-state index in [1.54, 1.807) is 17.0 Å². The molecule has 1 aliphatic rings. The first-order valence-corrected chi connectivity index (χ1v) is 8.50. The van der Waals surface area contributed by atoms with Gasteiger partial charge in [-0.25, -0.2) is 4.79 Å². The van der Waals surface area contributed by atoms with Crippen molar-refractivity contribution < 1.29 is 14.3 Å². The Labute approximate surface area is 154 Å². The molecule has 0 aliphatic carbocycles. The van der Waals surface area contributed by atoms with Gasteiger partial charge >= 0.3 is 6.09 Å². The van der Waals surface area contributed by atoms with Gasteiger partial charge in [-0.2, -0.15) is 0 Å². The van der Waals surface area contributed by atoms with Crippen LogP contribution in [0.5, 0.6) is 0 Å². The zero-order valence-electron chi connectivity index (χ0n) is 13.3. The smallest absolute Gasteiger partial charge is 0.414 e. The third-order valence-corrected chi connectivity index (χ3v) is 4.14. The molecular formula is C19H15BrN2O3. The van der Waals surface area contributed by atoms with Crippen LogP contribution >= 0.6 is 15.9 Å². The molecule has 0 spiro atoms. The van der Waals surface area contributed by atoms with Crippen molar-refractivity contribution in [1.82, 2.24) is 5.32 Å². The van der Waals surface area contributed by atoms with Crippen LogP contribution in [0.4, 0.5) is 10.5 Å². The van der Waals surface area contributed by atoms with E-state index in [1.807, 2.05) is 36.4 Å². The summed E-state index contributed by atoms with van der Waals surface area (Å²) in [5.74, 6) is 5.74. The van der Waals surface area contributed by atoms with Gasteiger partial charge in [0.25, 0.3) is 5.91 Å². The average Bonchev–Trinajstić information content (AvgIpc) is 3.06. The Balaban J connectivity index is 1.54. The highest BCUT2D eigenvalue weighted by atomic mass is 79.9. The minimum Gasteiger partial charge on any atom is -0.447 e. The van der Waals surface area contributed by atoms with Crippen molar-refractivity contribution in [3.8, 4) is 11.8 Å². The molecular weight excluding hydrogens is 384 g/mol. The molecule has 2 amide bonds. The normalized spacial score (nSPS) is 13.0. The second-order valence-electron chi connectivity index (χ2n) is 5.30. The molecule has 0 aromatic heterocycles. The van der Waals surface area contributed by atoms with Gasteiger partial charge in [0.1, 0.15) is 6.61 Å². The summed E-state index contributed by atoms with van der Waals surface area (Å²) >= 11 is 3.33. The Kier molecular flexibility index (Phi) is 5.36. The Morgan fingerprint density at radius 1 is 1.16 bits per heavy atom. The molecule has 0 unspecified atom stereocenters. The molecule has 126 valence electrons. The molecule has 2 aromatic carbocycles. The fraction of sp³-hybridized carbons (Fsp3) is 0.158. The first-order chi connectivity index (χ1) is 12.1. The van der Waals surface area contributed by atoms with Crippen LogP contribution in [0.1, 0.15) is 15.9 Å². The minimum atomic E-state index is -0.325. The van der Waals surface area contributed by atoms with Gasteiger partial charge in [0.2, 0.25) is 0 Å². The van der Waals surface area contributed by atoms with E-state index in [-0.39, 0.29) is 18.5 Å². The summed E-state index contributed by atoms with van der Waals surface area (Å²) in [6.07, 6.45) is -0.325. The van der Waals surface area contributed by atoms with E-state index >= 15 is 0 Å². The molecule has 1 saturated heterocycles. The van der Waals surface area contributed by atoms with Gasteiger partial charge in [-0.05, 0) is 48.5 Å². The Bertz CT molecular complexity index is 836. The molecule has 2 aromatic rings. The number of halogens is 1. The van der Waals surface area contributed by atoms with Crippen molar-refractivity contribution in [2.75, 3.05) is 24.6 Å². The van der Waals surface area contributed by atoms with Gasteiger partial charge in [-0.1, -0.05) is 27.8 Å². The summed E-state index contributed by atoms with van der Waals surface area (Å²) in [6.45, 7) is 1.24. The van der Waals surface area contributed by atoms with Gasteiger partial charge < -0.3 is 10.1 Å². The van der Waals surface area contributed by atoms with Gasteiger partial charge in [-0.3, -0.25) is 9.69 Å². The molecule has 0 radical (unpaired) electrons. The lowest BCUT2D eigenvalue weighted by molar-refractivity contribution is 0.0958. The van der Waals surface area contributed by atoms with Gasteiger partial charge in [0.15, 0.2) is 0 Å². The highest BCUT2D eigenvalue weighted by Crippen LogP contribution is 2.18. The van der Waals surface area contributed by atoms with Crippen LogP contribution in [0, 0.1) is 11.8 Å². The molecule has 1 N–H and O–H groups in total. The Hall–Kier alpha value is -2.78. The number of ether oxygens (including phenoxy) is 1. The van der Waals surface area contributed by atoms with Crippen LogP contribution in [0.2, 0.25) is 0 Å². The maximum Gasteiger partial charge on any atom is 0.414 e. The van der Waals surface area contributed by atoms with Crippen LogP contribution in [0.25, 0.3) is 0 Å². The molecule has 5 nitrogen and oxygen atoms in total. The fourth-order valence-corrected chi connectivity index (χ4v) is 2.59. The first kappa shape index (κ1) is 17.1. The average molecular weight is 399 g/mol. The predicted octanol–water partition coefficient (Wildman–Crippen LogP) is 3.19.